The number of carbonyl (C=O) groups excluding carboxylic acids is 1. The Morgan fingerprint density at radius 2 is 1.65 bits per heavy atom. The van der Waals surface area contributed by atoms with Crippen LogP contribution in [0.4, 0.5) is 0 Å². The van der Waals surface area contributed by atoms with Crippen LogP contribution in [0.2, 0.25) is 5.02 Å². The number of aliphatic carboxylic acids is 1. The lowest BCUT2D eigenvalue weighted by Gasteiger charge is -2.32. The molecule has 40 heavy (non-hydrogen) atoms. The lowest BCUT2D eigenvalue weighted by molar-refractivity contribution is -0.142. The fraction of sp³-hybridized carbons (Fsp3) is 0.500. The van der Waals surface area contributed by atoms with E-state index in [9.17, 15) is 14.7 Å². The van der Waals surface area contributed by atoms with Gasteiger partial charge in [-0.25, -0.2) is 0 Å². The van der Waals surface area contributed by atoms with Gasteiger partial charge in [-0.05, 0) is 76.5 Å². The lowest BCUT2D eigenvalue weighted by atomic mass is 9.79. The van der Waals surface area contributed by atoms with Gasteiger partial charge in [-0.3, -0.25) is 14.3 Å². The van der Waals surface area contributed by atoms with Crippen LogP contribution in [-0.2, 0) is 20.6 Å². The monoisotopic (exact) mass is 565 g/mol. The molecule has 3 aromatic rings. The Labute approximate surface area is 240 Å². The summed E-state index contributed by atoms with van der Waals surface area (Å²) in [7, 11) is -0.429. The van der Waals surface area contributed by atoms with Crippen LogP contribution in [0.1, 0.15) is 82.1 Å². The lowest BCUT2D eigenvalue weighted by Crippen LogP contribution is -2.41. The summed E-state index contributed by atoms with van der Waals surface area (Å²) < 4.78 is 14.2. The molecule has 0 atom stereocenters. The highest BCUT2D eigenvalue weighted by Gasteiger charge is 2.51. The van der Waals surface area contributed by atoms with Gasteiger partial charge >= 0.3 is 13.1 Å². The molecule has 8 nitrogen and oxygen atoms in total. The van der Waals surface area contributed by atoms with Crippen molar-refractivity contribution in [2.24, 2.45) is 5.92 Å². The zero-order valence-corrected chi connectivity index (χ0v) is 24.3. The standard InChI is InChI=1S/C30H37BClN3O5/c1-29(2)30(3,4)40-31(39-29)21-13-11-19(12-14-21)18-35-26-23(15-16-25(32)24(26)17-33-35)27(36)34-22-9-5-7-20(28(37)38)8-6-10-22/h11-17,20,22H,5-10,18H2,1-4H3,(H,34,36)(H,37,38). The minimum absolute atomic E-state index is 0.00636. The first kappa shape index (κ1) is 28.6. The molecule has 1 saturated carbocycles. The van der Waals surface area contributed by atoms with Crippen molar-refractivity contribution in [2.45, 2.75) is 90.0 Å². The average molecular weight is 566 g/mol. The van der Waals surface area contributed by atoms with Crippen molar-refractivity contribution in [2.75, 3.05) is 0 Å². The maximum atomic E-state index is 13.5. The molecule has 10 heteroatoms. The number of fused-ring (bicyclic) bond motifs is 1. The molecule has 2 N–H and O–H groups in total. The number of hydrogen-bond acceptors (Lipinski definition) is 5. The summed E-state index contributed by atoms with van der Waals surface area (Å²) in [6.45, 7) is 8.61. The Morgan fingerprint density at radius 3 is 2.25 bits per heavy atom. The summed E-state index contributed by atoms with van der Waals surface area (Å²) in [5.74, 6) is -1.17. The second-order valence-electron chi connectivity index (χ2n) is 12.1. The van der Waals surface area contributed by atoms with Crippen LogP contribution < -0.4 is 10.8 Å². The molecule has 1 aliphatic carbocycles. The Hall–Kier alpha value is -2.88. The molecule has 5 rings (SSSR count). The molecule has 0 spiro atoms. The molecule has 2 aliphatic rings. The van der Waals surface area contributed by atoms with Crippen LogP contribution in [0, 0.1) is 5.92 Å². The van der Waals surface area contributed by atoms with E-state index in [0.29, 0.717) is 35.5 Å². The van der Waals surface area contributed by atoms with E-state index in [1.54, 1.807) is 18.3 Å². The molecule has 1 aliphatic heterocycles. The largest absolute Gasteiger partial charge is 0.494 e. The highest BCUT2D eigenvalue weighted by molar-refractivity contribution is 6.62. The molecule has 1 saturated heterocycles. The van der Waals surface area contributed by atoms with Crippen LogP contribution in [0.15, 0.2) is 42.6 Å². The molecule has 2 fully saturated rings. The third kappa shape index (κ3) is 5.78. The molecule has 1 aromatic heterocycles. The minimum Gasteiger partial charge on any atom is -0.481 e. The highest BCUT2D eigenvalue weighted by atomic mass is 35.5. The first-order valence-electron chi connectivity index (χ1n) is 14.1. The van der Waals surface area contributed by atoms with Crippen LogP contribution >= 0.6 is 11.6 Å². The van der Waals surface area contributed by atoms with E-state index in [4.69, 9.17) is 20.9 Å². The zero-order valence-electron chi connectivity index (χ0n) is 23.6. The number of hydrogen-bond donors (Lipinski definition) is 2. The number of rotatable bonds is 6. The number of carbonyl (C=O) groups is 2. The topological polar surface area (TPSA) is 103 Å². The van der Waals surface area contributed by atoms with E-state index in [0.717, 1.165) is 42.1 Å². The average Bonchev–Trinajstić information content (AvgIpc) is 3.38. The number of carboxylic acid groups (broad SMARTS) is 1. The van der Waals surface area contributed by atoms with E-state index in [2.05, 4.69) is 10.4 Å². The van der Waals surface area contributed by atoms with Gasteiger partial charge in [0.05, 0.1) is 46.0 Å². The normalized spacial score (nSPS) is 22.6. The number of nitrogens with zero attached hydrogens (tertiary/aromatic N) is 2. The Kier molecular flexibility index (Phi) is 8.01. The number of halogens is 1. The third-order valence-electron chi connectivity index (χ3n) is 8.73. The van der Waals surface area contributed by atoms with Crippen molar-refractivity contribution in [1.29, 1.82) is 0 Å². The van der Waals surface area contributed by atoms with Crippen LogP contribution in [0.25, 0.3) is 10.9 Å². The van der Waals surface area contributed by atoms with E-state index < -0.39 is 24.3 Å². The van der Waals surface area contributed by atoms with E-state index in [-0.39, 0.29) is 17.9 Å². The predicted molar refractivity (Wildman–Crippen MR) is 156 cm³/mol. The molecule has 212 valence electrons. The van der Waals surface area contributed by atoms with Gasteiger partial charge in [0.15, 0.2) is 0 Å². The smallest absolute Gasteiger partial charge is 0.481 e. The number of aromatic nitrogens is 2. The fourth-order valence-electron chi connectivity index (χ4n) is 5.57. The van der Waals surface area contributed by atoms with Gasteiger partial charge in [-0.2, -0.15) is 5.10 Å². The van der Waals surface area contributed by atoms with Crippen molar-refractivity contribution in [3.05, 3.63) is 58.7 Å². The summed E-state index contributed by atoms with van der Waals surface area (Å²) in [6, 6.07) is 11.6. The zero-order chi connectivity index (χ0) is 28.7. The number of benzene rings is 2. The summed E-state index contributed by atoms with van der Waals surface area (Å²) in [5.41, 5.74) is 2.37. The first-order chi connectivity index (χ1) is 18.9. The maximum absolute atomic E-state index is 13.5. The van der Waals surface area contributed by atoms with Crippen LogP contribution in [0.5, 0.6) is 0 Å². The quantitative estimate of drug-likeness (QED) is 0.399. The van der Waals surface area contributed by atoms with Crippen LogP contribution in [-0.4, -0.2) is 51.1 Å². The molecule has 1 amide bonds. The highest BCUT2D eigenvalue weighted by Crippen LogP contribution is 2.36. The summed E-state index contributed by atoms with van der Waals surface area (Å²) in [4.78, 5) is 24.9. The molecule has 2 aromatic carbocycles. The van der Waals surface area contributed by atoms with E-state index in [1.807, 2.05) is 56.6 Å². The van der Waals surface area contributed by atoms with Crippen molar-refractivity contribution in [3.8, 4) is 0 Å². The Balaban J connectivity index is 1.32. The fourth-order valence-corrected chi connectivity index (χ4v) is 5.77. The van der Waals surface area contributed by atoms with Crippen molar-refractivity contribution >= 4 is 47.0 Å². The minimum atomic E-state index is -0.720. The summed E-state index contributed by atoms with van der Waals surface area (Å²) in [6.07, 6.45) is 6.08. The number of carboxylic acids is 1. The van der Waals surface area contributed by atoms with Gasteiger partial charge in [-0.15, -0.1) is 0 Å². The Bertz CT molecular complexity index is 1380. The predicted octanol–water partition coefficient (Wildman–Crippen LogP) is 5.19. The summed E-state index contributed by atoms with van der Waals surface area (Å²) >= 11 is 6.50. The molecule has 2 heterocycles. The van der Waals surface area contributed by atoms with Gasteiger partial charge in [-0.1, -0.05) is 48.7 Å². The third-order valence-corrected chi connectivity index (χ3v) is 9.05. The second-order valence-corrected chi connectivity index (χ2v) is 12.5. The van der Waals surface area contributed by atoms with E-state index >= 15 is 0 Å². The number of nitrogens with one attached hydrogen (secondary N) is 1. The van der Waals surface area contributed by atoms with Crippen molar-refractivity contribution < 1.29 is 24.0 Å². The van der Waals surface area contributed by atoms with E-state index in [1.165, 1.54) is 0 Å². The number of amides is 1. The van der Waals surface area contributed by atoms with Gasteiger partial charge < -0.3 is 19.7 Å². The Morgan fingerprint density at radius 1 is 1.02 bits per heavy atom. The second kappa shape index (κ2) is 11.2. The van der Waals surface area contributed by atoms with Crippen molar-refractivity contribution in [3.63, 3.8) is 0 Å². The van der Waals surface area contributed by atoms with Gasteiger partial charge in [0.1, 0.15) is 0 Å². The van der Waals surface area contributed by atoms with Gasteiger partial charge in [0.25, 0.3) is 5.91 Å². The van der Waals surface area contributed by atoms with Gasteiger partial charge in [0, 0.05) is 11.4 Å². The van der Waals surface area contributed by atoms with Gasteiger partial charge in [0.2, 0.25) is 0 Å². The maximum Gasteiger partial charge on any atom is 0.494 e. The molecule has 0 radical (unpaired) electrons. The molecular formula is C30H37BClN3O5. The molecule has 0 unspecified atom stereocenters. The molecule has 0 bridgehead atoms. The van der Waals surface area contributed by atoms with Crippen molar-refractivity contribution in [1.82, 2.24) is 15.1 Å². The SMILES string of the molecule is CC1(C)OB(c2ccc(Cn3ncc4c(Cl)ccc(C(=O)NC5CCCC(C(=O)O)CCC5)c43)cc2)OC1(C)C. The summed E-state index contributed by atoms with van der Waals surface area (Å²) in [5, 5.41) is 18.4. The molecular weight excluding hydrogens is 529 g/mol. The first-order valence-corrected chi connectivity index (χ1v) is 14.4. The van der Waals surface area contributed by atoms with Crippen LogP contribution in [0.3, 0.4) is 0 Å².